The smallest absolute Gasteiger partial charge is 0.242 e. The Balaban J connectivity index is 1.82. The van der Waals surface area contributed by atoms with Crippen molar-refractivity contribution in [3.8, 4) is 0 Å². The van der Waals surface area contributed by atoms with E-state index in [1.165, 1.54) is 6.26 Å². The van der Waals surface area contributed by atoms with E-state index < -0.39 is 9.84 Å². The van der Waals surface area contributed by atoms with Crippen molar-refractivity contribution in [3.63, 3.8) is 0 Å². The number of hydrogen-bond acceptors (Lipinski definition) is 5. The summed E-state index contributed by atoms with van der Waals surface area (Å²) in [6.07, 6.45) is 3.20. The number of nitrogens with zero attached hydrogens (tertiary/aromatic N) is 3. The van der Waals surface area contributed by atoms with Crippen molar-refractivity contribution >= 4 is 38.5 Å². The number of para-hydroxylation sites is 2. The van der Waals surface area contributed by atoms with Gasteiger partial charge in [-0.1, -0.05) is 24.3 Å². The van der Waals surface area contributed by atoms with Crippen molar-refractivity contribution in [1.82, 2.24) is 14.5 Å². The first-order valence-corrected chi connectivity index (χ1v) is 12.5. The molecule has 6 nitrogen and oxygen atoms in total. The minimum atomic E-state index is -3.24. The van der Waals surface area contributed by atoms with Crippen LogP contribution in [0.3, 0.4) is 0 Å². The fourth-order valence-corrected chi connectivity index (χ4v) is 4.33. The highest BCUT2D eigenvalue weighted by molar-refractivity contribution is 7.97. The fraction of sp³-hybridized carbons (Fsp3) is 0.333. The van der Waals surface area contributed by atoms with Crippen LogP contribution in [-0.2, 0) is 26.9 Å². The van der Waals surface area contributed by atoms with E-state index in [2.05, 4.69) is 4.98 Å². The third kappa shape index (κ3) is 4.64. The van der Waals surface area contributed by atoms with E-state index in [1.807, 2.05) is 42.0 Å². The third-order valence-corrected chi connectivity index (χ3v) is 6.74. The summed E-state index contributed by atoms with van der Waals surface area (Å²) in [5, 5.41) is 0. The Kier molecular flexibility index (Phi) is 6.33. The summed E-state index contributed by atoms with van der Waals surface area (Å²) in [5.74, 6) is 1.58. The van der Waals surface area contributed by atoms with E-state index in [-0.39, 0.29) is 23.4 Å². The topological polar surface area (TPSA) is 72.3 Å². The maximum atomic E-state index is 13.0. The number of thioether (sulfide) groups is 1. The molecule has 154 valence electrons. The van der Waals surface area contributed by atoms with Crippen LogP contribution in [0.2, 0.25) is 0 Å². The fourth-order valence-electron chi connectivity index (χ4n) is 3.22. The third-order valence-electron chi connectivity index (χ3n) is 5.07. The van der Waals surface area contributed by atoms with Gasteiger partial charge in [-0.05, 0) is 43.0 Å². The molecule has 29 heavy (non-hydrogen) atoms. The molecule has 0 N–H and O–H groups in total. The summed E-state index contributed by atoms with van der Waals surface area (Å²) < 4.78 is 25.3. The zero-order valence-corrected chi connectivity index (χ0v) is 18.6. The Morgan fingerprint density at radius 1 is 1.17 bits per heavy atom. The normalized spacial score (nSPS) is 12.8. The SMILES string of the molecule is CSCc1nc2ccccc2n1CC(=O)N(C)C(C)c1ccc(S(C)(=O)=O)cc1. The number of imidazole rings is 1. The van der Waals surface area contributed by atoms with Crippen molar-refractivity contribution in [2.45, 2.75) is 30.2 Å². The summed E-state index contributed by atoms with van der Waals surface area (Å²) in [4.78, 5) is 19.7. The Bertz CT molecular complexity index is 1120. The van der Waals surface area contributed by atoms with Gasteiger partial charge < -0.3 is 9.47 Å². The minimum Gasteiger partial charge on any atom is -0.337 e. The molecule has 0 bridgehead atoms. The van der Waals surface area contributed by atoms with Gasteiger partial charge in [0.15, 0.2) is 9.84 Å². The molecule has 0 aliphatic carbocycles. The second kappa shape index (κ2) is 8.59. The first-order valence-electron chi connectivity index (χ1n) is 9.21. The van der Waals surface area contributed by atoms with Gasteiger partial charge in [0.1, 0.15) is 12.4 Å². The van der Waals surface area contributed by atoms with E-state index in [0.717, 1.165) is 28.2 Å². The van der Waals surface area contributed by atoms with E-state index in [9.17, 15) is 13.2 Å². The van der Waals surface area contributed by atoms with Crippen molar-refractivity contribution in [2.24, 2.45) is 0 Å². The molecule has 8 heteroatoms. The van der Waals surface area contributed by atoms with Crippen LogP contribution in [0, 0.1) is 0 Å². The molecule has 0 saturated heterocycles. The number of hydrogen-bond donors (Lipinski definition) is 0. The lowest BCUT2D eigenvalue weighted by Gasteiger charge is -2.26. The van der Waals surface area contributed by atoms with Crippen LogP contribution in [0.15, 0.2) is 53.4 Å². The summed E-state index contributed by atoms with van der Waals surface area (Å²) in [5.41, 5.74) is 2.72. The lowest BCUT2D eigenvalue weighted by Crippen LogP contribution is -2.33. The summed E-state index contributed by atoms with van der Waals surface area (Å²) in [6, 6.07) is 14.3. The molecule has 0 saturated carbocycles. The van der Waals surface area contributed by atoms with Crippen LogP contribution < -0.4 is 0 Å². The standard InChI is InChI=1S/C21H25N3O3S2/c1-15(16-9-11-17(12-10-16)29(4,26)27)23(2)21(25)13-24-19-8-6-5-7-18(19)22-20(24)14-28-3/h5-12,15H,13-14H2,1-4H3. The molecule has 1 unspecified atom stereocenters. The number of sulfone groups is 1. The van der Waals surface area contributed by atoms with E-state index >= 15 is 0 Å². The van der Waals surface area contributed by atoms with Crippen molar-refractivity contribution < 1.29 is 13.2 Å². The van der Waals surface area contributed by atoms with Gasteiger partial charge in [0.2, 0.25) is 5.91 Å². The molecule has 0 aliphatic heterocycles. The quantitative estimate of drug-likeness (QED) is 0.572. The lowest BCUT2D eigenvalue weighted by molar-refractivity contribution is -0.132. The molecular weight excluding hydrogens is 406 g/mol. The molecule has 1 aromatic heterocycles. The van der Waals surface area contributed by atoms with Gasteiger partial charge >= 0.3 is 0 Å². The highest BCUT2D eigenvalue weighted by atomic mass is 32.2. The van der Waals surface area contributed by atoms with Gasteiger partial charge in [-0.2, -0.15) is 11.8 Å². The maximum Gasteiger partial charge on any atom is 0.242 e. The average Bonchev–Trinajstić information content (AvgIpc) is 3.04. The van der Waals surface area contributed by atoms with Gasteiger partial charge in [-0.15, -0.1) is 0 Å². The van der Waals surface area contributed by atoms with E-state index in [1.54, 1.807) is 48.0 Å². The van der Waals surface area contributed by atoms with E-state index in [4.69, 9.17) is 0 Å². The van der Waals surface area contributed by atoms with Crippen molar-refractivity contribution in [2.75, 3.05) is 19.6 Å². The summed E-state index contributed by atoms with van der Waals surface area (Å²) in [7, 11) is -1.47. The monoisotopic (exact) mass is 431 g/mol. The highest BCUT2D eigenvalue weighted by Crippen LogP contribution is 2.23. The first-order chi connectivity index (χ1) is 13.7. The highest BCUT2D eigenvalue weighted by Gasteiger charge is 2.21. The Hall–Kier alpha value is -2.32. The number of rotatable bonds is 7. The predicted octanol–water partition coefficient (Wildman–Crippen LogP) is 3.52. The zero-order valence-electron chi connectivity index (χ0n) is 17.0. The summed E-state index contributed by atoms with van der Waals surface area (Å²) in [6.45, 7) is 2.14. The number of amides is 1. The molecule has 1 heterocycles. The largest absolute Gasteiger partial charge is 0.337 e. The molecule has 0 spiro atoms. The van der Waals surface area contributed by atoms with Crippen LogP contribution in [0.1, 0.15) is 24.4 Å². The summed E-state index contributed by atoms with van der Waals surface area (Å²) >= 11 is 1.67. The maximum absolute atomic E-state index is 13.0. The number of carbonyl (C=O) groups is 1. The number of fused-ring (bicyclic) bond motifs is 1. The molecule has 0 aliphatic rings. The molecular formula is C21H25N3O3S2. The van der Waals surface area contributed by atoms with Crippen molar-refractivity contribution in [1.29, 1.82) is 0 Å². The second-order valence-electron chi connectivity index (χ2n) is 7.06. The van der Waals surface area contributed by atoms with Gasteiger partial charge in [-0.3, -0.25) is 4.79 Å². The molecule has 0 radical (unpaired) electrons. The van der Waals surface area contributed by atoms with Crippen LogP contribution in [-0.4, -0.2) is 48.3 Å². The van der Waals surface area contributed by atoms with Gasteiger partial charge in [0.05, 0.1) is 27.7 Å². The average molecular weight is 432 g/mol. The molecule has 1 atom stereocenters. The van der Waals surface area contributed by atoms with E-state index in [0.29, 0.717) is 0 Å². The molecule has 0 fully saturated rings. The Morgan fingerprint density at radius 3 is 2.45 bits per heavy atom. The van der Waals surface area contributed by atoms with Crippen LogP contribution in [0.25, 0.3) is 11.0 Å². The predicted molar refractivity (Wildman–Crippen MR) is 118 cm³/mol. The number of benzene rings is 2. The minimum absolute atomic E-state index is 0.0322. The Morgan fingerprint density at radius 2 is 1.83 bits per heavy atom. The van der Waals surface area contributed by atoms with Crippen LogP contribution in [0.4, 0.5) is 0 Å². The van der Waals surface area contributed by atoms with Crippen LogP contribution >= 0.6 is 11.8 Å². The zero-order chi connectivity index (χ0) is 21.2. The molecule has 3 rings (SSSR count). The number of likely N-dealkylation sites (N-methyl/N-ethyl adjacent to an activating group) is 1. The van der Waals surface area contributed by atoms with Gasteiger partial charge in [0.25, 0.3) is 0 Å². The number of carbonyl (C=O) groups excluding carboxylic acids is 1. The van der Waals surface area contributed by atoms with Crippen LogP contribution in [0.5, 0.6) is 0 Å². The van der Waals surface area contributed by atoms with Crippen molar-refractivity contribution in [3.05, 3.63) is 59.9 Å². The van der Waals surface area contributed by atoms with Gasteiger partial charge in [-0.25, -0.2) is 13.4 Å². The first kappa shape index (κ1) is 21.4. The molecule has 2 aromatic carbocycles. The number of aromatic nitrogens is 2. The molecule has 3 aromatic rings. The van der Waals surface area contributed by atoms with Gasteiger partial charge in [0, 0.05) is 13.3 Å². The Labute approximate surface area is 175 Å². The second-order valence-corrected chi connectivity index (χ2v) is 9.94. The lowest BCUT2D eigenvalue weighted by atomic mass is 10.1. The molecule has 1 amide bonds.